The number of anilines is 2. The Morgan fingerprint density at radius 3 is 1.65 bits per heavy atom. The Morgan fingerprint density at radius 2 is 1.22 bits per heavy atom. The number of methoxy groups -OCH3 is 2. The quantitative estimate of drug-likeness (QED) is 0.153. The summed E-state index contributed by atoms with van der Waals surface area (Å²) in [7, 11) is -5.15. The number of rotatable bonds is 11. The summed E-state index contributed by atoms with van der Waals surface area (Å²) in [4.78, 5) is 11.4. The summed E-state index contributed by atoms with van der Waals surface area (Å²) in [6.45, 7) is 3.85. The number of ether oxygens (including phenoxy) is 2. The van der Waals surface area contributed by atoms with Gasteiger partial charge in [0.25, 0.3) is 20.0 Å². The van der Waals surface area contributed by atoms with Crippen LogP contribution in [-0.4, -0.2) is 47.3 Å². The van der Waals surface area contributed by atoms with E-state index in [9.17, 15) is 21.6 Å². The van der Waals surface area contributed by atoms with Crippen molar-refractivity contribution in [3.8, 4) is 17.6 Å². The largest absolute Gasteiger partial charge is 0.495 e. The molecule has 2 heterocycles. The Balaban J connectivity index is 0.000000198. The molecule has 0 radical (unpaired) electrons. The van der Waals surface area contributed by atoms with E-state index in [1.54, 1.807) is 36.4 Å². The van der Waals surface area contributed by atoms with Crippen LogP contribution in [-0.2, 0) is 32.9 Å². The van der Waals surface area contributed by atoms with Crippen LogP contribution in [0.5, 0.6) is 11.5 Å². The molecule has 6 rings (SSSR count). The molecule has 0 unspecified atom stereocenters. The van der Waals surface area contributed by atoms with Crippen LogP contribution < -0.4 is 24.7 Å². The molecule has 0 bridgehead atoms. The van der Waals surface area contributed by atoms with E-state index in [1.807, 2.05) is 26.0 Å². The van der Waals surface area contributed by atoms with E-state index in [0.29, 0.717) is 40.3 Å². The molecule has 0 saturated heterocycles. The molecule has 17 heteroatoms. The first kappa shape index (κ1) is 36.2. The summed E-state index contributed by atoms with van der Waals surface area (Å²) >= 11 is 0. The number of benzene rings is 4. The van der Waals surface area contributed by atoms with Crippen LogP contribution in [0.2, 0.25) is 0 Å². The van der Waals surface area contributed by atoms with Crippen molar-refractivity contribution in [3.63, 3.8) is 0 Å². The molecule has 4 N–H and O–H groups in total. The van der Waals surface area contributed by atoms with Crippen LogP contribution in [0.15, 0.2) is 91.6 Å². The van der Waals surface area contributed by atoms with Crippen LogP contribution in [0.25, 0.3) is 21.9 Å². The number of aromatic nitrogens is 2. The molecule has 0 aliphatic rings. The zero-order valence-electron chi connectivity index (χ0n) is 27.8. The molecule has 2 aromatic heterocycles. The molecule has 0 atom stereocenters. The van der Waals surface area contributed by atoms with Gasteiger partial charge in [-0.3, -0.25) is 14.2 Å². The zero-order chi connectivity index (χ0) is 36.9. The standard InChI is InChI=1S/C17H17N3O5S.C17H15N3O4S/c1-3-10-4-6-14(24-2)15(8-10)26(22,23)20-17-12-9-11(16(18)21)5-7-13(12)25-19-17;1-3-11-4-7-15(23-2)16(9-11)25(21,22)20-17-13-8-12(10-18)5-6-14(13)24-19-17/h4-9H,3H2,1-2H3,(H2,18,21)(H,19,20);4-9H,3H2,1-2H3,(H,19,20). The van der Waals surface area contributed by atoms with Gasteiger partial charge in [0.15, 0.2) is 22.8 Å². The molecule has 0 aliphatic heterocycles. The summed E-state index contributed by atoms with van der Waals surface area (Å²) in [6.07, 6.45) is 1.35. The predicted octanol–water partition coefficient (Wildman–Crippen LogP) is 5.37. The van der Waals surface area contributed by atoms with Gasteiger partial charge in [0, 0.05) is 5.56 Å². The smallest absolute Gasteiger partial charge is 0.266 e. The van der Waals surface area contributed by atoms with Crippen molar-refractivity contribution in [1.82, 2.24) is 10.3 Å². The Hall–Kier alpha value is -6.12. The number of primary amides is 1. The van der Waals surface area contributed by atoms with Gasteiger partial charge in [0.05, 0.1) is 36.6 Å². The predicted molar refractivity (Wildman–Crippen MR) is 188 cm³/mol. The summed E-state index contributed by atoms with van der Waals surface area (Å²) in [5.74, 6) is -0.210. The third kappa shape index (κ3) is 7.71. The molecular weight excluding hydrogens is 701 g/mol. The van der Waals surface area contributed by atoms with Crippen molar-refractivity contribution in [2.24, 2.45) is 5.73 Å². The van der Waals surface area contributed by atoms with Crippen molar-refractivity contribution in [1.29, 1.82) is 5.26 Å². The molecular formula is C34H32N6O9S2. The number of carbonyl (C=O) groups excluding carboxylic acids is 1. The highest BCUT2D eigenvalue weighted by molar-refractivity contribution is 7.93. The second-order valence-corrected chi connectivity index (χ2v) is 14.2. The van der Waals surface area contributed by atoms with Gasteiger partial charge in [-0.15, -0.1) is 0 Å². The highest BCUT2D eigenvalue weighted by atomic mass is 32.2. The molecule has 0 fully saturated rings. The SMILES string of the molecule is CCc1ccc(OC)c(S(=O)(=O)Nc2noc3ccc(C#N)cc23)c1.CCc1ccc(OC)c(S(=O)(=O)Nc2noc3ccc(C(N)=O)cc23)c1. The minimum Gasteiger partial charge on any atom is -0.495 e. The normalized spacial score (nSPS) is 11.4. The number of nitrogens with one attached hydrogen (secondary N) is 2. The van der Waals surface area contributed by atoms with Crippen LogP contribution in [0.1, 0.15) is 40.9 Å². The monoisotopic (exact) mass is 732 g/mol. The summed E-state index contributed by atoms with van der Waals surface area (Å²) in [5, 5.41) is 17.3. The maximum Gasteiger partial charge on any atom is 0.266 e. The van der Waals surface area contributed by atoms with E-state index >= 15 is 0 Å². The van der Waals surface area contributed by atoms with Gasteiger partial charge < -0.3 is 24.3 Å². The second-order valence-electron chi connectivity index (χ2n) is 10.8. The molecule has 264 valence electrons. The first-order valence-electron chi connectivity index (χ1n) is 15.2. The van der Waals surface area contributed by atoms with Crippen molar-refractivity contribution in [3.05, 3.63) is 95.1 Å². The third-order valence-electron chi connectivity index (χ3n) is 7.67. The number of hydrogen-bond donors (Lipinski definition) is 3. The Kier molecular flexibility index (Phi) is 10.5. The Bertz CT molecular complexity index is 2520. The summed E-state index contributed by atoms with van der Waals surface area (Å²) in [5.41, 5.74) is 8.26. The van der Waals surface area contributed by atoms with Crippen LogP contribution in [0.3, 0.4) is 0 Å². The second kappa shape index (κ2) is 14.8. The number of nitrogens with zero attached hydrogens (tertiary/aromatic N) is 3. The fraction of sp³-hybridized carbons (Fsp3) is 0.176. The van der Waals surface area contributed by atoms with E-state index in [-0.39, 0.29) is 38.5 Å². The van der Waals surface area contributed by atoms with E-state index in [4.69, 9.17) is 29.5 Å². The van der Waals surface area contributed by atoms with E-state index < -0.39 is 26.0 Å². The van der Waals surface area contributed by atoms with Gasteiger partial charge in [-0.2, -0.15) is 5.26 Å². The average molecular weight is 733 g/mol. The number of carbonyl (C=O) groups is 1. The molecule has 1 amide bonds. The van der Waals surface area contributed by atoms with Crippen LogP contribution in [0, 0.1) is 11.3 Å². The maximum atomic E-state index is 12.8. The van der Waals surface area contributed by atoms with Gasteiger partial charge in [0.1, 0.15) is 21.3 Å². The number of amides is 1. The number of sulfonamides is 2. The van der Waals surface area contributed by atoms with Gasteiger partial charge in [-0.05, 0) is 84.6 Å². The lowest BCUT2D eigenvalue weighted by molar-refractivity contribution is 0.100. The number of fused-ring (bicyclic) bond motifs is 2. The number of nitriles is 1. The molecule has 0 spiro atoms. The Labute approximate surface area is 293 Å². The summed E-state index contributed by atoms with van der Waals surface area (Å²) in [6, 6.07) is 21.0. The van der Waals surface area contributed by atoms with Crippen molar-refractivity contribution >= 4 is 59.5 Å². The fourth-order valence-corrected chi connectivity index (χ4v) is 7.38. The molecule has 6 aromatic rings. The molecule has 4 aromatic carbocycles. The van der Waals surface area contributed by atoms with E-state index in [2.05, 4.69) is 19.8 Å². The lowest BCUT2D eigenvalue weighted by Gasteiger charge is -2.11. The topological polar surface area (TPSA) is 230 Å². The van der Waals surface area contributed by atoms with E-state index in [0.717, 1.165) is 11.1 Å². The van der Waals surface area contributed by atoms with Crippen molar-refractivity contribution in [2.75, 3.05) is 23.7 Å². The maximum absolute atomic E-state index is 12.8. The van der Waals surface area contributed by atoms with Crippen LogP contribution >= 0.6 is 0 Å². The zero-order valence-corrected chi connectivity index (χ0v) is 29.4. The lowest BCUT2D eigenvalue weighted by Crippen LogP contribution is -2.15. The van der Waals surface area contributed by atoms with Crippen molar-refractivity contribution in [2.45, 2.75) is 36.5 Å². The highest BCUT2D eigenvalue weighted by Crippen LogP contribution is 2.32. The van der Waals surface area contributed by atoms with Crippen molar-refractivity contribution < 1.29 is 40.2 Å². The molecule has 0 saturated carbocycles. The summed E-state index contributed by atoms with van der Waals surface area (Å²) < 4.78 is 76.7. The van der Waals surface area contributed by atoms with Gasteiger partial charge in [0.2, 0.25) is 5.91 Å². The molecule has 15 nitrogen and oxygen atoms in total. The third-order valence-corrected chi connectivity index (χ3v) is 10.4. The Morgan fingerprint density at radius 1 is 0.745 bits per heavy atom. The minimum absolute atomic E-state index is 0.0124. The average Bonchev–Trinajstić information content (AvgIpc) is 3.73. The lowest BCUT2D eigenvalue weighted by atomic mass is 10.1. The number of nitrogens with two attached hydrogens (primary N) is 1. The van der Waals surface area contributed by atoms with Gasteiger partial charge >= 0.3 is 0 Å². The number of aryl methyl sites for hydroxylation is 2. The first-order valence-corrected chi connectivity index (χ1v) is 18.2. The van der Waals surface area contributed by atoms with E-state index in [1.165, 1.54) is 44.6 Å². The van der Waals surface area contributed by atoms with Gasteiger partial charge in [-0.25, -0.2) is 16.8 Å². The molecule has 51 heavy (non-hydrogen) atoms. The fourth-order valence-electron chi connectivity index (χ4n) is 4.91. The van der Waals surface area contributed by atoms with Gasteiger partial charge in [-0.1, -0.05) is 36.3 Å². The highest BCUT2D eigenvalue weighted by Gasteiger charge is 2.25. The minimum atomic E-state index is -4.00. The van der Waals surface area contributed by atoms with Crippen LogP contribution in [0.4, 0.5) is 11.6 Å². The first-order chi connectivity index (χ1) is 24.3. The number of hydrogen-bond acceptors (Lipinski definition) is 12. The molecule has 0 aliphatic carbocycles.